The van der Waals surface area contributed by atoms with Gasteiger partial charge >= 0.3 is 0 Å². The van der Waals surface area contributed by atoms with Crippen molar-refractivity contribution in [1.29, 1.82) is 0 Å². The van der Waals surface area contributed by atoms with E-state index in [9.17, 15) is 19.5 Å². The van der Waals surface area contributed by atoms with Gasteiger partial charge in [-0.1, -0.05) is 106 Å². The number of halogens is 1. The molecule has 2 atom stereocenters. The molecule has 7 heteroatoms. The fourth-order valence-electron chi connectivity index (χ4n) is 5.79. The second-order valence-corrected chi connectivity index (χ2v) is 14.1. The number of hydrogen-bond acceptors (Lipinski definition) is 5. The summed E-state index contributed by atoms with van der Waals surface area (Å²) < 4.78 is 0.617. The highest BCUT2D eigenvalue weighted by molar-refractivity contribution is 9.10. The second-order valence-electron chi connectivity index (χ2n) is 13.3. The van der Waals surface area contributed by atoms with Crippen LogP contribution in [0.2, 0.25) is 0 Å². The molecule has 2 unspecified atom stereocenters. The van der Waals surface area contributed by atoms with E-state index in [-0.39, 0.29) is 34.7 Å². The van der Waals surface area contributed by atoms with E-state index in [1.54, 1.807) is 18.2 Å². The largest absolute Gasteiger partial charge is 0.507 e. The molecule has 218 valence electrons. The monoisotopic (exact) mass is 628 g/mol. The molecule has 6 nitrogen and oxygen atoms in total. The Morgan fingerprint density at radius 3 is 2.21 bits per heavy atom. The number of fused-ring (bicyclic) bond motifs is 2. The van der Waals surface area contributed by atoms with Crippen LogP contribution in [0.5, 0.6) is 5.75 Å². The molecule has 0 saturated heterocycles. The summed E-state index contributed by atoms with van der Waals surface area (Å²) in [6.07, 6.45) is 4.51. The summed E-state index contributed by atoms with van der Waals surface area (Å²) >= 11 is 3.42. The molecule has 0 spiro atoms. The molecule has 0 radical (unpaired) electrons. The van der Waals surface area contributed by atoms with Gasteiger partial charge in [0.25, 0.3) is 0 Å². The molecular formula is C35H37BrN2O4. The molecule has 0 aromatic heterocycles. The molecule has 1 heterocycles. The minimum Gasteiger partial charge on any atom is -0.507 e. The summed E-state index contributed by atoms with van der Waals surface area (Å²) in [7, 11) is 0. The van der Waals surface area contributed by atoms with Gasteiger partial charge in [0, 0.05) is 22.0 Å². The third kappa shape index (κ3) is 5.54. The first kappa shape index (κ1) is 29.8. The van der Waals surface area contributed by atoms with Crippen LogP contribution in [0.15, 0.2) is 59.1 Å². The van der Waals surface area contributed by atoms with Crippen molar-refractivity contribution in [3.8, 4) is 5.75 Å². The van der Waals surface area contributed by atoms with Gasteiger partial charge in [-0.25, -0.2) is 0 Å². The van der Waals surface area contributed by atoms with E-state index in [1.165, 1.54) is 0 Å². The molecule has 3 aromatic rings. The van der Waals surface area contributed by atoms with Gasteiger partial charge in [0.05, 0.1) is 17.4 Å². The molecule has 5 rings (SSSR count). The summed E-state index contributed by atoms with van der Waals surface area (Å²) in [4.78, 5) is 39.8. The maximum Gasteiger partial charge on any atom is 0.224 e. The number of aromatic hydroxyl groups is 1. The molecular weight excluding hydrogens is 592 g/mol. The molecule has 1 amide bonds. The Balaban J connectivity index is 1.34. The van der Waals surface area contributed by atoms with Crippen LogP contribution in [0, 0.1) is 5.92 Å². The van der Waals surface area contributed by atoms with Crippen molar-refractivity contribution in [3.05, 3.63) is 92.5 Å². The molecule has 1 aliphatic carbocycles. The zero-order valence-corrected chi connectivity index (χ0v) is 26.5. The number of hydrogen-bond donors (Lipinski definition) is 3. The van der Waals surface area contributed by atoms with E-state index in [2.05, 4.69) is 68.1 Å². The van der Waals surface area contributed by atoms with Crippen molar-refractivity contribution in [2.24, 2.45) is 5.92 Å². The SMILES string of the molecule is CC(C)(C)c1cc(CCC(=O)Nc2cccc3c2NC(C2C(=O)c4cccc(Br)c4C2=O)C=C3)cc(C(C)(C)C)c1O. The number of phenolic OH excluding ortho intramolecular Hbond substituents is 1. The van der Waals surface area contributed by atoms with Gasteiger partial charge in [-0.05, 0) is 51.6 Å². The zero-order valence-electron chi connectivity index (χ0n) is 24.9. The number of carbonyl (C=O) groups excluding carboxylic acids is 3. The first-order valence-electron chi connectivity index (χ1n) is 14.3. The van der Waals surface area contributed by atoms with Gasteiger partial charge in [-0.2, -0.15) is 0 Å². The number of phenols is 1. The molecule has 1 aliphatic heterocycles. The Labute approximate surface area is 255 Å². The average molecular weight is 630 g/mol. The summed E-state index contributed by atoms with van der Waals surface area (Å²) in [6, 6.07) is 14.3. The summed E-state index contributed by atoms with van der Waals surface area (Å²) in [5.41, 5.74) is 5.24. The Kier molecular flexibility index (Phi) is 7.69. The minimum absolute atomic E-state index is 0.150. The quantitative estimate of drug-likeness (QED) is 0.250. The molecule has 0 fully saturated rings. The van der Waals surface area contributed by atoms with Crippen LogP contribution < -0.4 is 10.6 Å². The Hall–Kier alpha value is -3.71. The van der Waals surface area contributed by atoms with Crippen molar-refractivity contribution >= 4 is 50.9 Å². The Morgan fingerprint density at radius 1 is 0.952 bits per heavy atom. The fraction of sp³-hybridized carbons (Fsp3) is 0.343. The van der Waals surface area contributed by atoms with Crippen molar-refractivity contribution in [1.82, 2.24) is 0 Å². The predicted octanol–water partition coefficient (Wildman–Crippen LogP) is 7.82. The molecule has 2 aliphatic rings. The first-order chi connectivity index (χ1) is 19.7. The standard InChI is InChI=1S/C35H37BrN2O4/c1-34(2,3)22-17-19(18-23(32(22)41)35(4,5)6)13-16-27(39)37-26-12-7-9-20-14-15-25(38-30(20)26)29-31(40)21-10-8-11-24(36)28(21)33(29)42/h7-12,14-15,17-18,25,29,38,41H,13,16H2,1-6H3,(H,37,39). The topological polar surface area (TPSA) is 95.5 Å². The van der Waals surface area contributed by atoms with Crippen LogP contribution in [0.1, 0.15) is 90.9 Å². The molecule has 42 heavy (non-hydrogen) atoms. The van der Waals surface area contributed by atoms with Gasteiger partial charge in [-0.3, -0.25) is 14.4 Å². The Bertz CT molecular complexity index is 1610. The lowest BCUT2D eigenvalue weighted by Gasteiger charge is -2.28. The van der Waals surface area contributed by atoms with Gasteiger partial charge in [0.2, 0.25) is 5.91 Å². The number of rotatable bonds is 5. The van der Waals surface area contributed by atoms with Crippen LogP contribution in [-0.4, -0.2) is 28.6 Å². The van der Waals surface area contributed by atoms with E-state index in [4.69, 9.17) is 0 Å². The smallest absolute Gasteiger partial charge is 0.224 e. The van der Waals surface area contributed by atoms with Crippen molar-refractivity contribution in [2.75, 3.05) is 10.6 Å². The maximum atomic E-state index is 13.3. The van der Waals surface area contributed by atoms with Crippen LogP contribution >= 0.6 is 15.9 Å². The first-order valence-corrected chi connectivity index (χ1v) is 15.1. The average Bonchev–Trinajstić information content (AvgIpc) is 3.17. The fourth-order valence-corrected chi connectivity index (χ4v) is 6.35. The summed E-state index contributed by atoms with van der Waals surface area (Å²) in [5, 5.41) is 17.4. The van der Waals surface area contributed by atoms with Crippen molar-refractivity contribution in [2.45, 2.75) is 71.3 Å². The van der Waals surface area contributed by atoms with Crippen molar-refractivity contribution < 1.29 is 19.5 Å². The molecule has 3 aromatic carbocycles. The van der Waals surface area contributed by atoms with Gasteiger partial charge < -0.3 is 15.7 Å². The maximum absolute atomic E-state index is 13.3. The van der Waals surface area contributed by atoms with Gasteiger partial charge in [-0.15, -0.1) is 0 Å². The van der Waals surface area contributed by atoms with E-state index in [0.717, 1.165) is 22.3 Å². The van der Waals surface area contributed by atoms with Crippen molar-refractivity contribution in [3.63, 3.8) is 0 Å². The number of anilines is 2. The number of para-hydroxylation sites is 1. The highest BCUT2D eigenvalue weighted by atomic mass is 79.9. The lowest BCUT2D eigenvalue weighted by molar-refractivity contribution is -0.116. The predicted molar refractivity (Wildman–Crippen MR) is 172 cm³/mol. The number of nitrogens with one attached hydrogen (secondary N) is 2. The van der Waals surface area contributed by atoms with E-state index in [0.29, 0.717) is 39.1 Å². The van der Waals surface area contributed by atoms with Gasteiger partial charge in [0.15, 0.2) is 11.6 Å². The third-order valence-electron chi connectivity index (χ3n) is 8.04. The highest BCUT2D eigenvalue weighted by Crippen LogP contribution is 2.41. The van der Waals surface area contributed by atoms with Crippen LogP contribution in [0.3, 0.4) is 0 Å². The van der Waals surface area contributed by atoms with Crippen LogP contribution in [0.25, 0.3) is 6.08 Å². The van der Waals surface area contributed by atoms with Crippen LogP contribution in [0.4, 0.5) is 11.4 Å². The lowest BCUT2D eigenvalue weighted by Crippen LogP contribution is -2.36. The summed E-state index contributed by atoms with van der Waals surface area (Å²) in [5.74, 6) is -1.13. The number of amides is 1. The number of ketones is 2. The normalized spacial score (nSPS) is 18.0. The molecule has 3 N–H and O–H groups in total. The van der Waals surface area contributed by atoms with Gasteiger partial charge in [0.1, 0.15) is 11.7 Å². The molecule has 0 bridgehead atoms. The van der Waals surface area contributed by atoms with Crippen LogP contribution in [-0.2, 0) is 22.0 Å². The number of benzene rings is 3. The van der Waals surface area contributed by atoms with E-state index >= 15 is 0 Å². The minimum atomic E-state index is -0.879. The Morgan fingerprint density at radius 2 is 1.60 bits per heavy atom. The molecule has 0 saturated carbocycles. The van der Waals surface area contributed by atoms with E-state index < -0.39 is 12.0 Å². The summed E-state index contributed by atoms with van der Waals surface area (Å²) in [6.45, 7) is 12.4. The lowest BCUT2D eigenvalue weighted by atomic mass is 9.78. The second kappa shape index (κ2) is 10.8. The van der Waals surface area contributed by atoms with E-state index in [1.807, 2.05) is 42.5 Å². The number of aryl methyl sites for hydroxylation is 1. The third-order valence-corrected chi connectivity index (χ3v) is 8.70. The number of carbonyl (C=O) groups is 3. The highest BCUT2D eigenvalue weighted by Gasteiger charge is 2.44. The zero-order chi connectivity index (χ0) is 30.6. The number of Topliss-reactive ketones (excluding diaryl/α,β-unsaturated/α-hetero) is 2.